The second kappa shape index (κ2) is 9.19. The van der Waals surface area contributed by atoms with Gasteiger partial charge in [-0.1, -0.05) is 15.9 Å². The normalized spacial score (nSPS) is 9.50. The molecule has 0 aromatic heterocycles. The van der Waals surface area contributed by atoms with Gasteiger partial charge in [-0.3, -0.25) is 4.79 Å². The van der Waals surface area contributed by atoms with Crippen LogP contribution < -0.4 is 10.5 Å². The van der Waals surface area contributed by atoms with Crippen LogP contribution in [0.1, 0.15) is 6.92 Å². The molecule has 1 rings (SSSR count). The standard InChI is InChI=1S/C12H17BrN2O2.ClH/c1-2-15(12(16)9-14)7-8-17-11-5-3-10(13)4-6-11;/h3-6H,2,7-9,14H2,1H3;1H. The smallest absolute Gasteiger partial charge is 0.236 e. The molecule has 0 aliphatic heterocycles. The number of carbonyl (C=O) groups excluding carboxylic acids is 1. The third kappa shape index (κ3) is 5.71. The average Bonchev–Trinajstić information content (AvgIpc) is 2.36. The van der Waals surface area contributed by atoms with Crippen molar-refractivity contribution in [1.82, 2.24) is 4.90 Å². The van der Waals surface area contributed by atoms with Crippen LogP contribution in [0.2, 0.25) is 0 Å². The maximum absolute atomic E-state index is 11.4. The molecule has 0 heterocycles. The lowest BCUT2D eigenvalue weighted by atomic mass is 10.3. The van der Waals surface area contributed by atoms with E-state index in [1.165, 1.54) is 0 Å². The summed E-state index contributed by atoms with van der Waals surface area (Å²) in [4.78, 5) is 13.0. The summed E-state index contributed by atoms with van der Waals surface area (Å²) in [6.45, 7) is 3.66. The third-order valence-corrected chi connectivity index (χ3v) is 2.88. The van der Waals surface area contributed by atoms with Crippen LogP contribution in [-0.2, 0) is 4.79 Å². The fraction of sp³-hybridized carbons (Fsp3) is 0.417. The summed E-state index contributed by atoms with van der Waals surface area (Å²) in [7, 11) is 0. The Morgan fingerprint density at radius 1 is 1.39 bits per heavy atom. The van der Waals surface area contributed by atoms with Gasteiger partial charge < -0.3 is 15.4 Å². The summed E-state index contributed by atoms with van der Waals surface area (Å²) >= 11 is 3.35. The minimum Gasteiger partial charge on any atom is -0.492 e. The number of likely N-dealkylation sites (N-methyl/N-ethyl adjacent to an activating group) is 1. The van der Waals surface area contributed by atoms with Crippen molar-refractivity contribution in [2.75, 3.05) is 26.2 Å². The van der Waals surface area contributed by atoms with Gasteiger partial charge in [-0.15, -0.1) is 12.4 Å². The number of hydrogen-bond donors (Lipinski definition) is 1. The third-order valence-electron chi connectivity index (χ3n) is 2.35. The Kier molecular flexibility index (Phi) is 8.79. The molecule has 6 heteroatoms. The Balaban J connectivity index is 0.00000289. The van der Waals surface area contributed by atoms with Crippen LogP contribution in [0.25, 0.3) is 0 Å². The van der Waals surface area contributed by atoms with Crippen molar-refractivity contribution >= 4 is 34.2 Å². The van der Waals surface area contributed by atoms with Crippen molar-refractivity contribution in [3.63, 3.8) is 0 Å². The molecule has 102 valence electrons. The van der Waals surface area contributed by atoms with Crippen LogP contribution in [0, 0.1) is 0 Å². The zero-order valence-corrected chi connectivity index (χ0v) is 12.7. The van der Waals surface area contributed by atoms with Crippen molar-refractivity contribution in [3.8, 4) is 5.75 Å². The van der Waals surface area contributed by atoms with Gasteiger partial charge in [0.1, 0.15) is 12.4 Å². The van der Waals surface area contributed by atoms with E-state index in [0.717, 1.165) is 10.2 Å². The van der Waals surface area contributed by atoms with Crippen LogP contribution in [0.5, 0.6) is 5.75 Å². The molecule has 2 N–H and O–H groups in total. The van der Waals surface area contributed by atoms with Crippen LogP contribution in [-0.4, -0.2) is 37.0 Å². The van der Waals surface area contributed by atoms with Crippen molar-refractivity contribution in [2.24, 2.45) is 5.73 Å². The molecule has 0 saturated carbocycles. The summed E-state index contributed by atoms with van der Waals surface area (Å²) in [5.41, 5.74) is 5.31. The number of amides is 1. The number of benzene rings is 1. The lowest BCUT2D eigenvalue weighted by Crippen LogP contribution is -2.38. The lowest BCUT2D eigenvalue weighted by molar-refractivity contribution is -0.129. The molecule has 0 saturated heterocycles. The molecular weight excluding hydrogens is 320 g/mol. The summed E-state index contributed by atoms with van der Waals surface area (Å²) in [5.74, 6) is 0.747. The number of hydrogen-bond acceptors (Lipinski definition) is 3. The van der Waals surface area contributed by atoms with Gasteiger partial charge in [-0.05, 0) is 31.2 Å². The van der Waals surface area contributed by atoms with E-state index < -0.39 is 0 Å². The minimum atomic E-state index is -0.0492. The van der Waals surface area contributed by atoms with E-state index in [1.54, 1.807) is 4.90 Å². The van der Waals surface area contributed by atoms with Gasteiger partial charge in [-0.25, -0.2) is 0 Å². The molecule has 4 nitrogen and oxygen atoms in total. The number of ether oxygens (including phenoxy) is 1. The fourth-order valence-corrected chi connectivity index (χ4v) is 1.66. The minimum absolute atomic E-state index is 0. The van der Waals surface area contributed by atoms with E-state index in [0.29, 0.717) is 19.7 Å². The first-order valence-electron chi connectivity index (χ1n) is 5.53. The molecule has 0 spiro atoms. The van der Waals surface area contributed by atoms with Crippen LogP contribution in [0.15, 0.2) is 28.7 Å². The molecule has 0 aliphatic rings. The summed E-state index contributed by atoms with van der Waals surface area (Å²) in [5, 5.41) is 0. The molecule has 0 fully saturated rings. The highest BCUT2D eigenvalue weighted by atomic mass is 79.9. The summed E-state index contributed by atoms with van der Waals surface area (Å²) in [6, 6.07) is 7.59. The molecule has 1 aromatic rings. The Hall–Kier alpha value is -0.780. The predicted molar refractivity (Wildman–Crippen MR) is 78.2 cm³/mol. The maximum Gasteiger partial charge on any atom is 0.236 e. The van der Waals surface area contributed by atoms with E-state index in [1.807, 2.05) is 31.2 Å². The summed E-state index contributed by atoms with van der Waals surface area (Å²) in [6.07, 6.45) is 0. The topological polar surface area (TPSA) is 55.6 Å². The first-order chi connectivity index (χ1) is 8.17. The van der Waals surface area contributed by atoms with Gasteiger partial charge in [0.15, 0.2) is 0 Å². The first-order valence-corrected chi connectivity index (χ1v) is 6.33. The SMILES string of the molecule is CCN(CCOc1ccc(Br)cc1)C(=O)CN.Cl. The molecule has 0 aliphatic carbocycles. The molecule has 0 atom stereocenters. The van der Waals surface area contributed by atoms with E-state index in [9.17, 15) is 4.79 Å². The number of rotatable bonds is 6. The van der Waals surface area contributed by atoms with Gasteiger partial charge in [-0.2, -0.15) is 0 Å². The Labute approximate surface area is 122 Å². The first kappa shape index (κ1) is 17.2. The predicted octanol–water partition coefficient (Wildman–Crippen LogP) is 2.06. The number of carbonyl (C=O) groups is 1. The molecule has 0 bridgehead atoms. The highest BCUT2D eigenvalue weighted by molar-refractivity contribution is 9.10. The van der Waals surface area contributed by atoms with Crippen molar-refractivity contribution < 1.29 is 9.53 Å². The van der Waals surface area contributed by atoms with Crippen molar-refractivity contribution in [1.29, 1.82) is 0 Å². The van der Waals surface area contributed by atoms with Gasteiger partial charge in [0.25, 0.3) is 0 Å². The molecule has 0 unspecified atom stereocenters. The second-order valence-electron chi connectivity index (χ2n) is 3.48. The Morgan fingerprint density at radius 2 is 2.00 bits per heavy atom. The van der Waals surface area contributed by atoms with Crippen molar-refractivity contribution in [3.05, 3.63) is 28.7 Å². The van der Waals surface area contributed by atoms with Crippen LogP contribution >= 0.6 is 28.3 Å². The zero-order chi connectivity index (χ0) is 12.7. The van der Waals surface area contributed by atoms with Gasteiger partial charge in [0.2, 0.25) is 5.91 Å². The molecule has 0 radical (unpaired) electrons. The van der Waals surface area contributed by atoms with Gasteiger partial charge in [0.05, 0.1) is 13.1 Å². The number of nitrogens with zero attached hydrogens (tertiary/aromatic N) is 1. The molecule has 18 heavy (non-hydrogen) atoms. The van der Waals surface area contributed by atoms with E-state index >= 15 is 0 Å². The monoisotopic (exact) mass is 336 g/mol. The zero-order valence-electron chi connectivity index (χ0n) is 10.3. The van der Waals surface area contributed by atoms with Gasteiger partial charge >= 0.3 is 0 Å². The maximum atomic E-state index is 11.4. The largest absolute Gasteiger partial charge is 0.492 e. The van der Waals surface area contributed by atoms with Gasteiger partial charge in [0, 0.05) is 11.0 Å². The Morgan fingerprint density at radius 3 is 2.50 bits per heavy atom. The van der Waals surface area contributed by atoms with E-state index in [4.69, 9.17) is 10.5 Å². The number of halogens is 2. The second-order valence-corrected chi connectivity index (χ2v) is 4.40. The molecular formula is C12H18BrClN2O2. The van der Waals surface area contributed by atoms with Crippen molar-refractivity contribution in [2.45, 2.75) is 6.92 Å². The Bertz CT molecular complexity index is 360. The van der Waals surface area contributed by atoms with Crippen LogP contribution in [0.3, 0.4) is 0 Å². The fourth-order valence-electron chi connectivity index (χ4n) is 1.39. The quantitative estimate of drug-likeness (QED) is 0.864. The molecule has 1 amide bonds. The van der Waals surface area contributed by atoms with E-state index in [2.05, 4.69) is 15.9 Å². The highest BCUT2D eigenvalue weighted by Crippen LogP contribution is 2.15. The number of nitrogens with two attached hydrogens (primary N) is 1. The lowest BCUT2D eigenvalue weighted by Gasteiger charge is -2.20. The highest BCUT2D eigenvalue weighted by Gasteiger charge is 2.08. The van der Waals surface area contributed by atoms with Crippen LogP contribution in [0.4, 0.5) is 0 Å². The summed E-state index contributed by atoms with van der Waals surface area (Å²) < 4.78 is 6.54. The molecule has 1 aromatic carbocycles. The average molecular weight is 338 g/mol. The van der Waals surface area contributed by atoms with E-state index in [-0.39, 0.29) is 24.9 Å².